The number of nitrogens with one attached hydrogen (secondary N) is 2. The molecule has 0 aliphatic carbocycles. The molecule has 0 spiro atoms. The fourth-order valence-electron chi connectivity index (χ4n) is 0.604. The second-order valence-electron chi connectivity index (χ2n) is 1.95. The van der Waals surface area contributed by atoms with Crippen LogP contribution in [0.1, 0.15) is 0 Å². The predicted molar refractivity (Wildman–Crippen MR) is 40.3 cm³/mol. The summed E-state index contributed by atoms with van der Waals surface area (Å²) < 4.78 is 8.55. The SMILES string of the molecule is C1CNCCN1.O=P([O-])([O-])[O-].[P+3]. The molecule has 0 bridgehead atoms. The Morgan fingerprint density at radius 1 is 0.917 bits per heavy atom. The molecule has 0 aromatic heterocycles. The molecular formula is C4H10N2O4P2. The minimum Gasteiger partial charge on any atom is -0.822 e. The van der Waals surface area contributed by atoms with Crippen LogP contribution in [0.3, 0.4) is 0 Å². The van der Waals surface area contributed by atoms with E-state index in [9.17, 15) is 0 Å². The molecule has 1 saturated heterocycles. The van der Waals surface area contributed by atoms with Gasteiger partial charge in [0, 0.05) is 26.2 Å². The Bertz CT molecular complexity index is 115. The van der Waals surface area contributed by atoms with Crippen molar-refractivity contribution in [1.82, 2.24) is 10.6 Å². The first-order valence-electron chi connectivity index (χ1n) is 3.14. The van der Waals surface area contributed by atoms with Crippen LogP contribution in [0.2, 0.25) is 0 Å². The molecule has 70 valence electrons. The molecule has 0 atom stereocenters. The minimum atomic E-state index is -5.39. The maximum absolute atomic E-state index is 8.55. The van der Waals surface area contributed by atoms with E-state index in [2.05, 4.69) is 10.6 Å². The Balaban J connectivity index is 0. The normalized spacial score (nSPS) is 16.9. The second-order valence-corrected chi connectivity index (χ2v) is 2.84. The quantitative estimate of drug-likeness (QED) is 0.420. The molecule has 6 nitrogen and oxygen atoms in total. The molecule has 2 N–H and O–H groups in total. The third kappa shape index (κ3) is 22.4. The maximum Gasteiger partial charge on any atom is 3.00 e. The van der Waals surface area contributed by atoms with Crippen LogP contribution >= 0.6 is 17.7 Å². The minimum absolute atomic E-state index is 0. The number of piperazine rings is 1. The van der Waals surface area contributed by atoms with Gasteiger partial charge in [0.1, 0.15) is 0 Å². The number of hydrogen-bond donors (Lipinski definition) is 2. The van der Waals surface area contributed by atoms with E-state index >= 15 is 0 Å². The van der Waals surface area contributed by atoms with Gasteiger partial charge in [-0.05, 0) is 0 Å². The zero-order valence-electron chi connectivity index (χ0n) is 6.36. The summed E-state index contributed by atoms with van der Waals surface area (Å²) in [6, 6.07) is 0. The van der Waals surface area contributed by atoms with E-state index in [-0.39, 0.29) is 9.90 Å². The van der Waals surface area contributed by atoms with E-state index in [1.165, 1.54) is 0 Å². The Labute approximate surface area is 74.6 Å². The van der Waals surface area contributed by atoms with Gasteiger partial charge in [-0.3, -0.25) is 0 Å². The van der Waals surface area contributed by atoms with Crippen molar-refractivity contribution in [1.29, 1.82) is 0 Å². The third-order valence-corrected chi connectivity index (χ3v) is 0.957. The average Bonchev–Trinajstić information content (AvgIpc) is 1.88. The van der Waals surface area contributed by atoms with E-state index in [0.717, 1.165) is 26.2 Å². The summed E-state index contributed by atoms with van der Waals surface area (Å²) in [7, 11) is -5.39. The molecule has 1 rings (SSSR count). The molecule has 1 aliphatic rings. The first-order valence-corrected chi connectivity index (χ1v) is 4.61. The number of phosphoric acid groups is 1. The van der Waals surface area contributed by atoms with Crippen LogP contribution in [0, 0.1) is 0 Å². The fraction of sp³-hybridized carbons (Fsp3) is 1.00. The van der Waals surface area contributed by atoms with Gasteiger partial charge in [-0.2, -0.15) is 7.82 Å². The van der Waals surface area contributed by atoms with E-state index in [0.29, 0.717) is 0 Å². The zero-order valence-corrected chi connectivity index (χ0v) is 8.14. The van der Waals surface area contributed by atoms with Gasteiger partial charge < -0.3 is 29.9 Å². The molecule has 0 unspecified atom stereocenters. The van der Waals surface area contributed by atoms with E-state index in [4.69, 9.17) is 19.2 Å². The van der Waals surface area contributed by atoms with Gasteiger partial charge in [0.2, 0.25) is 0 Å². The summed E-state index contributed by atoms with van der Waals surface area (Å²) in [5, 5.41) is 6.44. The van der Waals surface area contributed by atoms with Crippen LogP contribution in [0.4, 0.5) is 0 Å². The molecule has 0 aromatic rings. The summed E-state index contributed by atoms with van der Waals surface area (Å²) in [6.07, 6.45) is 0. The van der Waals surface area contributed by atoms with Crippen LogP contribution in [0.15, 0.2) is 0 Å². The van der Waals surface area contributed by atoms with Gasteiger partial charge in [0.15, 0.2) is 0 Å². The van der Waals surface area contributed by atoms with Crippen molar-refractivity contribution in [2.75, 3.05) is 26.2 Å². The molecule has 1 aliphatic heterocycles. The van der Waals surface area contributed by atoms with Crippen molar-refractivity contribution < 1.29 is 19.2 Å². The average molecular weight is 212 g/mol. The molecule has 1 heterocycles. The first-order chi connectivity index (χ1) is 5.00. The molecule has 1 fully saturated rings. The smallest absolute Gasteiger partial charge is 0.822 e. The molecule has 0 aromatic carbocycles. The monoisotopic (exact) mass is 212 g/mol. The van der Waals surface area contributed by atoms with Gasteiger partial charge in [0.25, 0.3) is 0 Å². The molecule has 12 heavy (non-hydrogen) atoms. The van der Waals surface area contributed by atoms with Gasteiger partial charge in [0.05, 0.1) is 0 Å². The summed E-state index contributed by atoms with van der Waals surface area (Å²) >= 11 is 0. The number of rotatable bonds is 0. The van der Waals surface area contributed by atoms with E-state index < -0.39 is 7.82 Å². The Morgan fingerprint density at radius 2 is 1.08 bits per heavy atom. The van der Waals surface area contributed by atoms with Crippen molar-refractivity contribution in [2.45, 2.75) is 0 Å². The van der Waals surface area contributed by atoms with Gasteiger partial charge in [-0.1, -0.05) is 0 Å². The molecular weight excluding hydrogens is 202 g/mol. The first kappa shape index (κ1) is 15.0. The predicted octanol–water partition coefficient (Wildman–Crippen LogP) is -2.78. The van der Waals surface area contributed by atoms with Gasteiger partial charge >= 0.3 is 9.90 Å². The second kappa shape index (κ2) is 8.08. The van der Waals surface area contributed by atoms with Gasteiger partial charge in [-0.15, -0.1) is 0 Å². The van der Waals surface area contributed by atoms with Crippen molar-refractivity contribution in [3.63, 3.8) is 0 Å². The summed E-state index contributed by atoms with van der Waals surface area (Å²) in [5.74, 6) is 0. The van der Waals surface area contributed by atoms with Crippen molar-refractivity contribution in [3.05, 3.63) is 0 Å². The van der Waals surface area contributed by atoms with Crippen LogP contribution in [-0.2, 0) is 4.57 Å². The van der Waals surface area contributed by atoms with Crippen molar-refractivity contribution >= 4 is 17.7 Å². The van der Waals surface area contributed by atoms with Crippen molar-refractivity contribution in [3.8, 4) is 0 Å². The summed E-state index contributed by atoms with van der Waals surface area (Å²) in [6.45, 7) is 4.56. The maximum atomic E-state index is 8.55. The third-order valence-electron chi connectivity index (χ3n) is 0.957. The summed E-state index contributed by atoms with van der Waals surface area (Å²) in [5.41, 5.74) is 0. The number of hydrogen-bond acceptors (Lipinski definition) is 6. The Hall–Kier alpha value is 0.460. The van der Waals surface area contributed by atoms with Crippen molar-refractivity contribution in [2.24, 2.45) is 0 Å². The largest absolute Gasteiger partial charge is 3.00 e. The summed E-state index contributed by atoms with van der Waals surface area (Å²) in [4.78, 5) is 25.6. The molecule has 2 radical (unpaired) electrons. The van der Waals surface area contributed by atoms with Crippen LogP contribution in [-0.4, -0.2) is 26.2 Å². The van der Waals surface area contributed by atoms with Crippen LogP contribution < -0.4 is 25.3 Å². The fourth-order valence-corrected chi connectivity index (χ4v) is 0.604. The Kier molecular flexibility index (Phi) is 10.1. The topological polar surface area (TPSA) is 110 Å². The van der Waals surface area contributed by atoms with E-state index in [1.807, 2.05) is 0 Å². The van der Waals surface area contributed by atoms with Crippen LogP contribution in [0.5, 0.6) is 0 Å². The molecule has 0 amide bonds. The standard InChI is InChI=1S/C4H10N2.H3O4P.P/c1-2-6-4-3-5-1;1-5(2,3)4;/h5-6H,1-4H2;(H3,1,2,3,4);/q;;+3/p-3. The van der Waals surface area contributed by atoms with Crippen LogP contribution in [0.25, 0.3) is 0 Å². The molecule has 0 saturated carbocycles. The zero-order chi connectivity index (χ0) is 8.74. The van der Waals surface area contributed by atoms with E-state index in [1.54, 1.807) is 0 Å². The van der Waals surface area contributed by atoms with Gasteiger partial charge in [-0.25, -0.2) is 0 Å². The Morgan fingerprint density at radius 3 is 1.17 bits per heavy atom. The molecule has 8 heteroatoms.